The van der Waals surface area contributed by atoms with Crippen molar-refractivity contribution in [2.45, 2.75) is 0 Å². The van der Waals surface area contributed by atoms with Gasteiger partial charge in [-0.05, 0) is 35.9 Å². The zero-order valence-corrected chi connectivity index (χ0v) is 14.5. The molecule has 0 saturated carbocycles. The number of carbonyl (C=O) groups excluding carboxylic acids is 1. The number of amides is 1. The van der Waals surface area contributed by atoms with Crippen molar-refractivity contribution >= 4 is 17.7 Å². The number of benzene rings is 2. The lowest BCUT2D eigenvalue weighted by atomic mass is 10.0. The zero-order chi connectivity index (χ0) is 18.3. The van der Waals surface area contributed by atoms with Gasteiger partial charge in [0.2, 0.25) is 12.5 Å². The van der Waals surface area contributed by atoms with E-state index >= 15 is 0 Å². The molecule has 2 heterocycles. The minimum absolute atomic E-state index is 0.159. The summed E-state index contributed by atoms with van der Waals surface area (Å²) in [4.78, 5) is 12.3. The number of fused-ring (bicyclic) bond motifs is 2. The second-order valence-electron chi connectivity index (χ2n) is 5.72. The summed E-state index contributed by atoms with van der Waals surface area (Å²) in [6.45, 7) is 0.159. The van der Waals surface area contributed by atoms with E-state index in [1.165, 1.54) is 0 Å². The first kappa shape index (κ1) is 16.1. The molecule has 4 rings (SSSR count). The monoisotopic (exact) mass is 355 g/mol. The summed E-state index contributed by atoms with van der Waals surface area (Å²) in [5.41, 5.74) is 2.76. The van der Waals surface area contributed by atoms with Gasteiger partial charge in [-0.25, -0.2) is 0 Å². The van der Waals surface area contributed by atoms with E-state index < -0.39 is 0 Å². The van der Waals surface area contributed by atoms with Crippen molar-refractivity contribution in [3.63, 3.8) is 0 Å². The number of ether oxygens (including phenoxy) is 5. The molecule has 0 unspecified atom stereocenters. The number of carbonyl (C=O) groups is 1. The van der Waals surface area contributed by atoms with Gasteiger partial charge in [0.15, 0.2) is 23.0 Å². The average molecular weight is 355 g/mol. The van der Waals surface area contributed by atoms with Crippen LogP contribution in [0.15, 0.2) is 24.3 Å². The molecule has 2 aromatic carbocycles. The number of methoxy groups -OCH3 is 3. The Morgan fingerprint density at radius 2 is 1.54 bits per heavy atom. The maximum absolute atomic E-state index is 12.3. The first-order chi connectivity index (χ1) is 12.6. The van der Waals surface area contributed by atoms with Crippen molar-refractivity contribution < 1.29 is 28.5 Å². The topological polar surface area (TPSA) is 75.3 Å². The molecular formula is C19H17NO6. The lowest BCUT2D eigenvalue weighted by molar-refractivity contribution is 0.0980. The van der Waals surface area contributed by atoms with Crippen molar-refractivity contribution in [3.8, 4) is 28.7 Å². The third kappa shape index (κ3) is 2.48. The van der Waals surface area contributed by atoms with Crippen LogP contribution in [0.2, 0.25) is 0 Å². The summed E-state index contributed by atoms with van der Waals surface area (Å²) in [6.07, 6.45) is 1.84. The van der Waals surface area contributed by atoms with Gasteiger partial charge in [-0.15, -0.1) is 0 Å². The molecule has 0 aliphatic carbocycles. The van der Waals surface area contributed by atoms with Gasteiger partial charge in [-0.3, -0.25) is 4.79 Å². The fourth-order valence-electron chi connectivity index (χ4n) is 3.07. The Morgan fingerprint density at radius 1 is 0.923 bits per heavy atom. The Hall–Kier alpha value is -3.35. The second kappa shape index (κ2) is 6.18. The van der Waals surface area contributed by atoms with Crippen LogP contribution in [0.25, 0.3) is 11.8 Å². The maximum atomic E-state index is 12.3. The fourth-order valence-corrected chi connectivity index (χ4v) is 3.07. The molecule has 0 fully saturated rings. The van der Waals surface area contributed by atoms with Crippen LogP contribution >= 0.6 is 0 Å². The number of hydrogen-bond acceptors (Lipinski definition) is 6. The lowest BCUT2D eigenvalue weighted by Gasteiger charge is -2.13. The van der Waals surface area contributed by atoms with E-state index in [-0.39, 0.29) is 12.7 Å². The van der Waals surface area contributed by atoms with Gasteiger partial charge in [0.05, 0.1) is 26.9 Å². The SMILES string of the molecule is COc1cc(/C=C2/NC(=O)c3cc4c(cc32)OCO4)cc(OC)c1OC. The molecule has 0 radical (unpaired) electrons. The maximum Gasteiger partial charge on any atom is 0.256 e. The first-order valence-corrected chi connectivity index (χ1v) is 7.91. The molecule has 7 heteroatoms. The Kier molecular flexibility index (Phi) is 3.84. The number of rotatable bonds is 4. The number of hydrogen-bond donors (Lipinski definition) is 1. The Morgan fingerprint density at radius 3 is 2.12 bits per heavy atom. The third-order valence-corrected chi connectivity index (χ3v) is 4.29. The normalized spacial score (nSPS) is 15.7. The van der Waals surface area contributed by atoms with Gasteiger partial charge >= 0.3 is 0 Å². The van der Waals surface area contributed by atoms with Crippen LogP contribution in [0, 0.1) is 0 Å². The molecule has 1 N–H and O–H groups in total. The van der Waals surface area contributed by atoms with Gasteiger partial charge in [0.25, 0.3) is 5.91 Å². The van der Waals surface area contributed by atoms with E-state index in [0.29, 0.717) is 40.0 Å². The third-order valence-electron chi connectivity index (χ3n) is 4.29. The highest BCUT2D eigenvalue weighted by Gasteiger charge is 2.28. The van der Waals surface area contributed by atoms with Crippen molar-refractivity contribution in [2.75, 3.05) is 28.1 Å². The van der Waals surface area contributed by atoms with Crippen LogP contribution in [0.1, 0.15) is 21.5 Å². The fraction of sp³-hybridized carbons (Fsp3) is 0.211. The second-order valence-corrected chi connectivity index (χ2v) is 5.72. The highest BCUT2D eigenvalue weighted by Crippen LogP contribution is 2.41. The first-order valence-electron chi connectivity index (χ1n) is 7.91. The minimum atomic E-state index is -0.183. The van der Waals surface area contributed by atoms with Crippen molar-refractivity contribution in [1.29, 1.82) is 0 Å². The lowest BCUT2D eigenvalue weighted by Crippen LogP contribution is -2.12. The average Bonchev–Trinajstić information content (AvgIpc) is 3.23. The van der Waals surface area contributed by atoms with Crippen LogP contribution in [0.4, 0.5) is 0 Å². The predicted octanol–water partition coefficient (Wildman–Crippen LogP) is 2.68. The molecule has 7 nitrogen and oxygen atoms in total. The summed E-state index contributed by atoms with van der Waals surface area (Å²) < 4.78 is 26.8. The van der Waals surface area contributed by atoms with E-state index in [1.807, 2.05) is 18.2 Å². The van der Waals surface area contributed by atoms with Crippen LogP contribution in [0.3, 0.4) is 0 Å². The van der Waals surface area contributed by atoms with Gasteiger partial charge in [0.1, 0.15) is 0 Å². The quantitative estimate of drug-likeness (QED) is 0.909. The van der Waals surface area contributed by atoms with Crippen molar-refractivity contribution in [3.05, 3.63) is 41.0 Å². The molecule has 2 aromatic rings. The van der Waals surface area contributed by atoms with Crippen LogP contribution in [-0.4, -0.2) is 34.0 Å². The minimum Gasteiger partial charge on any atom is -0.493 e. The van der Waals surface area contributed by atoms with E-state index in [4.69, 9.17) is 23.7 Å². The van der Waals surface area contributed by atoms with E-state index in [2.05, 4.69) is 5.32 Å². The smallest absolute Gasteiger partial charge is 0.256 e. The molecule has 0 spiro atoms. The molecule has 2 aliphatic heterocycles. The van der Waals surface area contributed by atoms with E-state index in [1.54, 1.807) is 33.5 Å². The molecule has 0 atom stereocenters. The summed E-state index contributed by atoms with van der Waals surface area (Å²) >= 11 is 0. The van der Waals surface area contributed by atoms with Gasteiger partial charge in [0, 0.05) is 11.3 Å². The molecule has 26 heavy (non-hydrogen) atoms. The van der Waals surface area contributed by atoms with E-state index in [0.717, 1.165) is 11.1 Å². The molecular weight excluding hydrogens is 338 g/mol. The Labute approximate surface area is 150 Å². The summed E-state index contributed by atoms with van der Waals surface area (Å²) in [7, 11) is 4.66. The van der Waals surface area contributed by atoms with Gasteiger partial charge in [-0.1, -0.05) is 0 Å². The molecule has 1 amide bonds. The van der Waals surface area contributed by atoms with Crippen molar-refractivity contribution in [2.24, 2.45) is 0 Å². The number of nitrogens with one attached hydrogen (secondary N) is 1. The predicted molar refractivity (Wildman–Crippen MR) is 94.0 cm³/mol. The van der Waals surface area contributed by atoms with Gasteiger partial charge in [-0.2, -0.15) is 0 Å². The molecule has 0 bridgehead atoms. The summed E-state index contributed by atoms with van der Waals surface area (Å²) in [5, 5.41) is 2.87. The van der Waals surface area contributed by atoms with Crippen LogP contribution < -0.4 is 29.0 Å². The largest absolute Gasteiger partial charge is 0.493 e. The standard InChI is InChI=1S/C19H17NO6/c1-22-16-5-10(6-17(23-2)18(16)24-3)4-13-11-7-14-15(26-9-25-14)8-12(11)19(21)20-13/h4-8H,9H2,1-3H3,(H,20,21)/b13-4+. The summed E-state index contributed by atoms with van der Waals surface area (Å²) in [5.74, 6) is 2.60. The molecule has 0 saturated heterocycles. The van der Waals surface area contributed by atoms with Crippen LogP contribution in [-0.2, 0) is 0 Å². The highest BCUT2D eigenvalue weighted by molar-refractivity contribution is 6.12. The molecule has 2 aliphatic rings. The zero-order valence-electron chi connectivity index (χ0n) is 14.5. The summed E-state index contributed by atoms with van der Waals surface area (Å²) in [6, 6.07) is 7.12. The van der Waals surface area contributed by atoms with E-state index in [9.17, 15) is 4.79 Å². The molecule has 0 aromatic heterocycles. The van der Waals surface area contributed by atoms with Crippen molar-refractivity contribution in [1.82, 2.24) is 5.32 Å². The highest BCUT2D eigenvalue weighted by atomic mass is 16.7. The Balaban J connectivity index is 1.80. The van der Waals surface area contributed by atoms with Crippen LogP contribution in [0.5, 0.6) is 28.7 Å². The Bertz CT molecular complexity index is 909. The van der Waals surface area contributed by atoms with Gasteiger partial charge < -0.3 is 29.0 Å². The molecule has 134 valence electrons.